The molecule has 4 nitrogen and oxygen atoms in total. The summed E-state index contributed by atoms with van der Waals surface area (Å²) in [6.07, 6.45) is 5.76. The lowest BCUT2D eigenvalue weighted by Gasteiger charge is -2.21. The van der Waals surface area contributed by atoms with Gasteiger partial charge in [-0.15, -0.1) is 0 Å². The van der Waals surface area contributed by atoms with Crippen LogP contribution in [0.2, 0.25) is 0 Å². The molecule has 0 saturated heterocycles. The van der Waals surface area contributed by atoms with Gasteiger partial charge < -0.3 is 9.88 Å². The molecule has 1 saturated carbocycles. The van der Waals surface area contributed by atoms with Crippen LogP contribution in [0, 0.1) is 0 Å². The predicted octanol–water partition coefficient (Wildman–Crippen LogP) is 3.37. The monoisotopic (exact) mass is 291 g/mol. The van der Waals surface area contributed by atoms with Crippen molar-refractivity contribution in [1.82, 2.24) is 14.9 Å². The highest BCUT2D eigenvalue weighted by Gasteiger charge is 2.33. The number of aromatic nitrogens is 2. The van der Waals surface area contributed by atoms with E-state index < -0.39 is 0 Å². The third-order valence-electron chi connectivity index (χ3n) is 4.08. The Morgan fingerprint density at radius 2 is 2.09 bits per heavy atom. The molecule has 110 valence electrons. The first-order valence-electron chi connectivity index (χ1n) is 7.59. The first-order valence-corrected chi connectivity index (χ1v) is 7.59. The first kappa shape index (κ1) is 13.1. The summed E-state index contributed by atoms with van der Waals surface area (Å²) in [6, 6.07) is 14.2. The zero-order valence-electron chi connectivity index (χ0n) is 12.2. The van der Waals surface area contributed by atoms with E-state index in [1.54, 1.807) is 6.20 Å². The molecule has 1 fully saturated rings. The lowest BCUT2D eigenvalue weighted by molar-refractivity contribution is 0.0725. The minimum Gasteiger partial charge on any atom is -0.351 e. The van der Waals surface area contributed by atoms with Gasteiger partial charge in [-0.05, 0) is 36.6 Å². The average molecular weight is 291 g/mol. The quantitative estimate of drug-likeness (QED) is 0.801. The Labute approximate surface area is 128 Å². The van der Waals surface area contributed by atoms with Gasteiger partial charge in [-0.3, -0.25) is 9.78 Å². The Balaban J connectivity index is 1.63. The van der Waals surface area contributed by atoms with Crippen molar-refractivity contribution in [1.29, 1.82) is 0 Å². The Morgan fingerprint density at radius 1 is 1.23 bits per heavy atom. The number of nitrogens with one attached hydrogen (secondary N) is 1. The van der Waals surface area contributed by atoms with Crippen molar-refractivity contribution in [3.8, 4) is 0 Å². The van der Waals surface area contributed by atoms with Gasteiger partial charge in [0.25, 0.3) is 5.91 Å². The summed E-state index contributed by atoms with van der Waals surface area (Å²) in [4.78, 5) is 22.2. The van der Waals surface area contributed by atoms with Crippen molar-refractivity contribution in [3.63, 3.8) is 0 Å². The highest BCUT2D eigenvalue weighted by Crippen LogP contribution is 2.30. The van der Waals surface area contributed by atoms with Crippen LogP contribution >= 0.6 is 0 Å². The molecule has 0 spiro atoms. The molecule has 3 aromatic rings. The molecular formula is C18H17N3O. The molecule has 2 aromatic heterocycles. The fourth-order valence-corrected chi connectivity index (χ4v) is 2.78. The van der Waals surface area contributed by atoms with Crippen molar-refractivity contribution < 1.29 is 4.79 Å². The van der Waals surface area contributed by atoms with E-state index in [4.69, 9.17) is 0 Å². The maximum Gasteiger partial charge on any atom is 0.270 e. The van der Waals surface area contributed by atoms with Crippen molar-refractivity contribution >= 4 is 16.8 Å². The van der Waals surface area contributed by atoms with E-state index in [2.05, 4.69) is 9.97 Å². The number of carbonyl (C=O) groups is 1. The van der Waals surface area contributed by atoms with Gasteiger partial charge in [0.2, 0.25) is 0 Å². The largest absolute Gasteiger partial charge is 0.351 e. The molecule has 1 amide bonds. The Bertz CT molecular complexity index is 772. The SMILES string of the molecule is O=C(c1cc2ccccc2[nH]1)N(Cc1cccnc1)C1CC1. The smallest absolute Gasteiger partial charge is 0.270 e. The van der Waals surface area contributed by atoms with E-state index in [0.717, 1.165) is 29.3 Å². The molecule has 1 aliphatic carbocycles. The number of fused-ring (bicyclic) bond motifs is 1. The number of rotatable bonds is 4. The van der Waals surface area contributed by atoms with Crippen LogP contribution in [-0.4, -0.2) is 26.8 Å². The fourth-order valence-electron chi connectivity index (χ4n) is 2.78. The molecule has 0 bridgehead atoms. The minimum atomic E-state index is 0.0718. The topological polar surface area (TPSA) is 49.0 Å². The zero-order valence-corrected chi connectivity index (χ0v) is 12.2. The van der Waals surface area contributed by atoms with E-state index in [1.807, 2.05) is 53.6 Å². The highest BCUT2D eigenvalue weighted by atomic mass is 16.2. The molecular weight excluding hydrogens is 274 g/mol. The van der Waals surface area contributed by atoms with Crippen LogP contribution in [0.4, 0.5) is 0 Å². The van der Waals surface area contributed by atoms with Gasteiger partial charge in [-0.25, -0.2) is 0 Å². The molecule has 22 heavy (non-hydrogen) atoms. The van der Waals surface area contributed by atoms with Gasteiger partial charge in [0, 0.05) is 35.9 Å². The summed E-state index contributed by atoms with van der Waals surface area (Å²) in [7, 11) is 0. The van der Waals surface area contributed by atoms with Crippen LogP contribution < -0.4 is 0 Å². The number of aromatic amines is 1. The van der Waals surface area contributed by atoms with E-state index in [0.29, 0.717) is 18.3 Å². The van der Waals surface area contributed by atoms with Crippen molar-refractivity contribution in [2.75, 3.05) is 0 Å². The van der Waals surface area contributed by atoms with E-state index >= 15 is 0 Å². The third-order valence-corrected chi connectivity index (χ3v) is 4.08. The van der Waals surface area contributed by atoms with Crippen LogP contribution in [-0.2, 0) is 6.54 Å². The predicted molar refractivity (Wildman–Crippen MR) is 85.4 cm³/mol. The van der Waals surface area contributed by atoms with Crippen molar-refractivity contribution in [3.05, 3.63) is 66.1 Å². The number of pyridine rings is 1. The van der Waals surface area contributed by atoms with Gasteiger partial charge in [0.15, 0.2) is 0 Å². The normalized spacial score (nSPS) is 14.2. The summed E-state index contributed by atoms with van der Waals surface area (Å²) in [5.41, 5.74) is 2.74. The van der Waals surface area contributed by atoms with Crippen molar-refractivity contribution in [2.45, 2.75) is 25.4 Å². The standard InChI is InChI=1S/C18H17N3O/c22-18(17-10-14-5-1-2-6-16(14)20-17)21(15-7-8-15)12-13-4-3-9-19-11-13/h1-6,9-11,15,20H,7-8,12H2. The molecule has 1 N–H and O–H groups in total. The summed E-state index contributed by atoms with van der Waals surface area (Å²) < 4.78 is 0. The van der Waals surface area contributed by atoms with Crippen LogP contribution in [0.3, 0.4) is 0 Å². The third kappa shape index (κ3) is 2.48. The van der Waals surface area contributed by atoms with Gasteiger partial charge >= 0.3 is 0 Å². The molecule has 0 aliphatic heterocycles. The number of H-pyrrole nitrogens is 1. The summed E-state index contributed by atoms with van der Waals surface area (Å²) in [6.45, 7) is 0.618. The Morgan fingerprint density at radius 3 is 2.82 bits per heavy atom. The van der Waals surface area contributed by atoms with Crippen molar-refractivity contribution in [2.24, 2.45) is 0 Å². The van der Waals surface area contributed by atoms with Gasteiger partial charge in [-0.2, -0.15) is 0 Å². The first-order chi connectivity index (χ1) is 10.8. The maximum absolute atomic E-state index is 12.9. The number of para-hydroxylation sites is 1. The second-order valence-electron chi connectivity index (χ2n) is 5.80. The summed E-state index contributed by atoms with van der Waals surface area (Å²) >= 11 is 0. The van der Waals surface area contributed by atoms with E-state index in [1.165, 1.54) is 0 Å². The molecule has 4 rings (SSSR count). The van der Waals surface area contributed by atoms with Gasteiger partial charge in [0.05, 0.1) is 0 Å². The van der Waals surface area contributed by atoms with Gasteiger partial charge in [0.1, 0.15) is 5.69 Å². The van der Waals surface area contributed by atoms with Gasteiger partial charge in [-0.1, -0.05) is 24.3 Å². The fraction of sp³-hybridized carbons (Fsp3) is 0.222. The molecule has 2 heterocycles. The van der Waals surface area contributed by atoms with Crippen LogP contribution in [0.25, 0.3) is 10.9 Å². The summed E-state index contributed by atoms with van der Waals surface area (Å²) in [5, 5.41) is 1.07. The Kier molecular flexibility index (Phi) is 3.15. The maximum atomic E-state index is 12.9. The molecule has 4 heteroatoms. The van der Waals surface area contributed by atoms with Crippen LogP contribution in [0.15, 0.2) is 54.9 Å². The lowest BCUT2D eigenvalue weighted by atomic mass is 10.2. The van der Waals surface area contributed by atoms with E-state index in [9.17, 15) is 4.79 Å². The number of amides is 1. The average Bonchev–Trinajstić information content (AvgIpc) is 3.30. The van der Waals surface area contributed by atoms with Crippen LogP contribution in [0.1, 0.15) is 28.9 Å². The number of nitrogens with zero attached hydrogens (tertiary/aromatic N) is 2. The Hall–Kier alpha value is -2.62. The molecule has 0 unspecified atom stereocenters. The van der Waals surface area contributed by atoms with Crippen LogP contribution in [0.5, 0.6) is 0 Å². The zero-order chi connectivity index (χ0) is 14.9. The number of hydrogen-bond acceptors (Lipinski definition) is 2. The lowest BCUT2D eigenvalue weighted by Crippen LogP contribution is -2.32. The highest BCUT2D eigenvalue weighted by molar-refractivity contribution is 5.98. The molecule has 0 atom stereocenters. The number of hydrogen-bond donors (Lipinski definition) is 1. The number of carbonyl (C=O) groups excluding carboxylic acids is 1. The molecule has 1 aliphatic rings. The summed E-state index contributed by atoms with van der Waals surface area (Å²) in [5.74, 6) is 0.0718. The second kappa shape index (κ2) is 5.30. The molecule has 1 aromatic carbocycles. The minimum absolute atomic E-state index is 0.0718. The molecule has 0 radical (unpaired) electrons. The number of benzene rings is 1. The van der Waals surface area contributed by atoms with E-state index in [-0.39, 0.29) is 5.91 Å². The second-order valence-corrected chi connectivity index (χ2v) is 5.80.